The summed E-state index contributed by atoms with van der Waals surface area (Å²) < 4.78 is 0. The molecule has 1 unspecified atom stereocenters. The van der Waals surface area contributed by atoms with Gasteiger partial charge in [0.05, 0.1) is 5.69 Å². The van der Waals surface area contributed by atoms with Gasteiger partial charge in [-0.2, -0.15) is 0 Å². The largest absolute Gasteiger partial charge is 0.397 e. The van der Waals surface area contributed by atoms with Crippen molar-refractivity contribution in [2.45, 2.75) is 45.1 Å². The van der Waals surface area contributed by atoms with E-state index in [1.807, 2.05) is 4.90 Å². The zero-order chi connectivity index (χ0) is 14.6. The maximum Gasteiger partial charge on any atom is 0.266 e. The Morgan fingerprint density at radius 1 is 1.43 bits per heavy atom. The van der Waals surface area contributed by atoms with Crippen LogP contribution in [-0.2, 0) is 12.8 Å². The van der Waals surface area contributed by atoms with Crippen molar-refractivity contribution in [2.24, 2.45) is 0 Å². The summed E-state index contributed by atoms with van der Waals surface area (Å²) in [4.78, 5) is 21.0. The monoisotopic (exact) mass is 301 g/mol. The molecule has 2 N–H and O–H groups in total. The molecule has 5 heteroatoms. The summed E-state index contributed by atoms with van der Waals surface area (Å²) in [6.45, 7) is 2.96. The molecule has 110 valence electrons. The number of anilines is 1. The Kier molecular flexibility index (Phi) is 2.92. The van der Waals surface area contributed by atoms with Gasteiger partial charge in [-0.1, -0.05) is 0 Å². The van der Waals surface area contributed by atoms with E-state index in [1.165, 1.54) is 29.0 Å². The number of thiophene rings is 1. The lowest BCUT2D eigenvalue weighted by Crippen LogP contribution is -2.33. The van der Waals surface area contributed by atoms with Crippen LogP contribution in [0.1, 0.15) is 47.1 Å². The molecule has 4 rings (SSSR count). The van der Waals surface area contributed by atoms with Gasteiger partial charge in [-0.05, 0) is 50.7 Å². The number of amides is 1. The molecule has 21 heavy (non-hydrogen) atoms. The van der Waals surface area contributed by atoms with Crippen molar-refractivity contribution in [1.82, 2.24) is 9.88 Å². The van der Waals surface area contributed by atoms with Crippen LogP contribution in [0.15, 0.2) is 6.07 Å². The van der Waals surface area contributed by atoms with Gasteiger partial charge >= 0.3 is 0 Å². The van der Waals surface area contributed by atoms with Gasteiger partial charge in [0.25, 0.3) is 5.91 Å². The molecule has 1 aliphatic carbocycles. The Bertz CT molecular complexity index is 737. The highest BCUT2D eigenvalue weighted by atomic mass is 32.1. The summed E-state index contributed by atoms with van der Waals surface area (Å²) in [5, 5.41) is 0.968. The Morgan fingerprint density at radius 3 is 3.05 bits per heavy atom. The van der Waals surface area contributed by atoms with Gasteiger partial charge in [0.15, 0.2) is 0 Å². The molecular formula is C16H19N3OS. The van der Waals surface area contributed by atoms with E-state index in [9.17, 15) is 4.79 Å². The fourth-order valence-electron chi connectivity index (χ4n) is 3.52. The molecular weight excluding hydrogens is 282 g/mol. The Hall–Kier alpha value is -1.62. The van der Waals surface area contributed by atoms with Crippen molar-refractivity contribution in [2.75, 3.05) is 12.3 Å². The second kappa shape index (κ2) is 4.70. The third kappa shape index (κ3) is 1.94. The van der Waals surface area contributed by atoms with Gasteiger partial charge in [0.2, 0.25) is 0 Å². The van der Waals surface area contributed by atoms with E-state index in [0.29, 0.717) is 16.6 Å². The van der Waals surface area contributed by atoms with Crippen LogP contribution < -0.4 is 5.73 Å². The van der Waals surface area contributed by atoms with Crippen molar-refractivity contribution >= 4 is 33.1 Å². The molecule has 2 aromatic rings. The Balaban J connectivity index is 1.79. The van der Waals surface area contributed by atoms with Crippen LogP contribution in [0.2, 0.25) is 0 Å². The highest BCUT2D eigenvalue weighted by Gasteiger charge is 2.29. The minimum Gasteiger partial charge on any atom is -0.397 e. The number of hydrogen-bond donors (Lipinski definition) is 1. The van der Waals surface area contributed by atoms with Gasteiger partial charge < -0.3 is 10.6 Å². The maximum absolute atomic E-state index is 12.7. The highest BCUT2D eigenvalue weighted by molar-refractivity contribution is 7.21. The fraction of sp³-hybridized carbons (Fsp3) is 0.500. The minimum absolute atomic E-state index is 0.0839. The van der Waals surface area contributed by atoms with Gasteiger partial charge in [0, 0.05) is 23.7 Å². The number of hydrogen-bond acceptors (Lipinski definition) is 4. The Labute approximate surface area is 128 Å². The zero-order valence-electron chi connectivity index (χ0n) is 12.2. The van der Waals surface area contributed by atoms with Crippen LogP contribution in [-0.4, -0.2) is 28.4 Å². The number of aryl methyl sites for hydroxylation is 2. The van der Waals surface area contributed by atoms with Gasteiger partial charge in [0.1, 0.15) is 9.71 Å². The first-order chi connectivity index (χ1) is 10.1. The number of carbonyl (C=O) groups is 1. The molecule has 0 bridgehead atoms. The predicted molar refractivity (Wildman–Crippen MR) is 85.8 cm³/mol. The smallest absolute Gasteiger partial charge is 0.266 e. The van der Waals surface area contributed by atoms with E-state index in [2.05, 4.69) is 13.0 Å². The molecule has 0 aromatic carbocycles. The molecule has 0 radical (unpaired) electrons. The number of nitrogen functional groups attached to an aromatic ring is 1. The lowest BCUT2D eigenvalue weighted by molar-refractivity contribution is 0.0753. The van der Waals surface area contributed by atoms with Gasteiger partial charge in [-0.15, -0.1) is 11.3 Å². The van der Waals surface area contributed by atoms with Gasteiger partial charge in [-0.3, -0.25) is 4.79 Å². The summed E-state index contributed by atoms with van der Waals surface area (Å²) in [7, 11) is 0. The van der Waals surface area contributed by atoms with Crippen molar-refractivity contribution in [1.29, 1.82) is 0 Å². The second-order valence-electron chi connectivity index (χ2n) is 6.14. The lowest BCUT2D eigenvalue weighted by atomic mass is 10.1. The molecule has 2 aliphatic rings. The second-order valence-corrected chi connectivity index (χ2v) is 7.13. The summed E-state index contributed by atoms with van der Waals surface area (Å²) in [5.74, 6) is 0.0839. The molecule has 2 aromatic heterocycles. The third-order valence-corrected chi connectivity index (χ3v) is 5.86. The molecule has 1 amide bonds. The summed E-state index contributed by atoms with van der Waals surface area (Å²) in [6.07, 6.45) is 5.49. The number of rotatable bonds is 1. The number of likely N-dealkylation sites (tertiary alicyclic amines) is 1. The van der Waals surface area contributed by atoms with E-state index in [1.54, 1.807) is 0 Å². The van der Waals surface area contributed by atoms with Crippen molar-refractivity contribution < 1.29 is 4.79 Å². The molecule has 4 nitrogen and oxygen atoms in total. The lowest BCUT2D eigenvalue weighted by Gasteiger charge is -2.20. The number of nitrogens with zero attached hydrogens (tertiary/aromatic N) is 2. The first-order valence-corrected chi connectivity index (χ1v) is 8.48. The summed E-state index contributed by atoms with van der Waals surface area (Å²) >= 11 is 1.46. The van der Waals surface area contributed by atoms with Gasteiger partial charge in [-0.25, -0.2) is 4.98 Å². The fourth-order valence-corrected chi connectivity index (χ4v) is 4.57. The number of carbonyl (C=O) groups excluding carboxylic acids is 1. The number of aromatic nitrogens is 1. The zero-order valence-corrected chi connectivity index (χ0v) is 13.0. The van der Waals surface area contributed by atoms with Crippen LogP contribution >= 0.6 is 11.3 Å². The number of fused-ring (bicyclic) bond motifs is 2. The van der Waals surface area contributed by atoms with Crippen molar-refractivity contribution in [3.63, 3.8) is 0 Å². The topological polar surface area (TPSA) is 59.2 Å². The summed E-state index contributed by atoms with van der Waals surface area (Å²) in [6, 6.07) is 2.47. The third-order valence-electron chi connectivity index (χ3n) is 4.76. The number of pyridine rings is 1. The molecule has 0 saturated carbocycles. The first-order valence-electron chi connectivity index (χ1n) is 7.67. The number of nitrogens with two attached hydrogens (primary N) is 1. The predicted octanol–water partition coefficient (Wildman–Crippen LogP) is 2.99. The van der Waals surface area contributed by atoms with Crippen molar-refractivity contribution in [3.8, 4) is 0 Å². The van der Waals surface area contributed by atoms with Crippen LogP contribution in [0.5, 0.6) is 0 Å². The molecule has 0 spiro atoms. The maximum atomic E-state index is 12.7. The van der Waals surface area contributed by atoms with E-state index in [-0.39, 0.29) is 5.91 Å². The average Bonchev–Trinajstić information content (AvgIpc) is 3.16. The molecule has 1 fully saturated rings. The van der Waals surface area contributed by atoms with E-state index in [4.69, 9.17) is 10.7 Å². The molecule has 1 atom stereocenters. The Morgan fingerprint density at radius 2 is 2.29 bits per heavy atom. The van der Waals surface area contributed by atoms with Crippen LogP contribution in [0.4, 0.5) is 5.69 Å². The first kappa shape index (κ1) is 13.1. The van der Waals surface area contributed by atoms with E-state index >= 15 is 0 Å². The molecule has 1 saturated heterocycles. The van der Waals surface area contributed by atoms with Crippen LogP contribution in [0, 0.1) is 0 Å². The van der Waals surface area contributed by atoms with Crippen LogP contribution in [0.25, 0.3) is 10.2 Å². The van der Waals surface area contributed by atoms with E-state index in [0.717, 1.165) is 42.4 Å². The quantitative estimate of drug-likeness (QED) is 0.881. The summed E-state index contributed by atoms with van der Waals surface area (Å²) in [5.41, 5.74) is 9.39. The standard InChI is InChI=1S/C16H19N3OS/c1-9-4-3-7-19(9)16(20)14-13(17)11-8-10-5-2-6-12(10)18-15(11)21-14/h8-9H,2-7,17H2,1H3. The molecule has 1 aliphatic heterocycles. The SMILES string of the molecule is CC1CCCN1C(=O)c1sc2nc3c(cc2c1N)CCC3. The highest BCUT2D eigenvalue weighted by Crippen LogP contribution is 2.37. The average molecular weight is 301 g/mol. The van der Waals surface area contributed by atoms with Crippen molar-refractivity contribution in [3.05, 3.63) is 22.2 Å². The minimum atomic E-state index is 0.0839. The van der Waals surface area contributed by atoms with Crippen LogP contribution in [0.3, 0.4) is 0 Å². The normalized spacial score (nSPS) is 21.2. The van der Waals surface area contributed by atoms with E-state index < -0.39 is 0 Å². The molecule has 3 heterocycles.